The number of aryl methyl sites for hydroxylation is 1. The molecule has 1 aliphatic carbocycles. The predicted molar refractivity (Wildman–Crippen MR) is 106 cm³/mol. The van der Waals surface area contributed by atoms with Crippen molar-refractivity contribution < 1.29 is 4.79 Å². The number of hydrogen-bond acceptors (Lipinski definition) is 3. The molecule has 1 aliphatic rings. The molecule has 0 radical (unpaired) electrons. The SMILES string of the molecule is CN=C(NCCC(=O)NC1CCCCC1)NC(C)Cc1ccc(C)s1. The van der Waals surface area contributed by atoms with Gasteiger partial charge in [0.1, 0.15) is 0 Å². The zero-order chi connectivity index (χ0) is 18.1. The summed E-state index contributed by atoms with van der Waals surface area (Å²) in [6.07, 6.45) is 7.49. The molecule has 0 saturated heterocycles. The van der Waals surface area contributed by atoms with Gasteiger partial charge in [-0.3, -0.25) is 9.79 Å². The summed E-state index contributed by atoms with van der Waals surface area (Å²) in [4.78, 5) is 19.0. The van der Waals surface area contributed by atoms with E-state index in [2.05, 4.69) is 46.9 Å². The van der Waals surface area contributed by atoms with Gasteiger partial charge < -0.3 is 16.0 Å². The fourth-order valence-corrected chi connectivity index (χ4v) is 4.24. The molecule has 0 spiro atoms. The molecule has 3 N–H and O–H groups in total. The minimum absolute atomic E-state index is 0.136. The van der Waals surface area contributed by atoms with Crippen molar-refractivity contribution in [2.45, 2.75) is 70.9 Å². The number of guanidine groups is 1. The van der Waals surface area contributed by atoms with Gasteiger partial charge in [0.05, 0.1) is 0 Å². The molecule has 0 aliphatic heterocycles. The summed E-state index contributed by atoms with van der Waals surface area (Å²) in [6.45, 7) is 4.88. The van der Waals surface area contributed by atoms with Gasteiger partial charge in [0.15, 0.2) is 5.96 Å². The average Bonchev–Trinajstić information content (AvgIpc) is 2.99. The Morgan fingerprint density at radius 3 is 2.72 bits per heavy atom. The quantitative estimate of drug-likeness (QED) is 0.515. The highest BCUT2D eigenvalue weighted by Crippen LogP contribution is 2.17. The first-order chi connectivity index (χ1) is 12.1. The maximum absolute atomic E-state index is 12.0. The molecule has 140 valence electrons. The molecule has 0 aromatic carbocycles. The molecular formula is C19H32N4OS. The number of amides is 1. The smallest absolute Gasteiger partial charge is 0.221 e. The van der Waals surface area contributed by atoms with E-state index in [1.54, 1.807) is 7.05 Å². The van der Waals surface area contributed by atoms with Gasteiger partial charge in [-0.2, -0.15) is 0 Å². The highest BCUT2D eigenvalue weighted by Gasteiger charge is 2.15. The number of carbonyl (C=O) groups is 1. The topological polar surface area (TPSA) is 65.5 Å². The molecule has 0 bridgehead atoms. The molecule has 1 unspecified atom stereocenters. The summed E-state index contributed by atoms with van der Waals surface area (Å²) in [6, 6.07) is 5.02. The molecule has 25 heavy (non-hydrogen) atoms. The Bertz CT molecular complexity index is 564. The molecule has 1 aromatic heterocycles. The third-order valence-electron chi connectivity index (χ3n) is 4.52. The Morgan fingerprint density at radius 1 is 1.32 bits per heavy atom. The average molecular weight is 365 g/mol. The largest absolute Gasteiger partial charge is 0.356 e. The summed E-state index contributed by atoms with van der Waals surface area (Å²) in [5, 5.41) is 9.78. The maximum Gasteiger partial charge on any atom is 0.221 e. The second-order valence-corrected chi connectivity index (χ2v) is 8.29. The highest BCUT2D eigenvalue weighted by molar-refractivity contribution is 7.11. The number of hydrogen-bond donors (Lipinski definition) is 3. The lowest BCUT2D eigenvalue weighted by Gasteiger charge is -2.23. The van der Waals surface area contributed by atoms with Gasteiger partial charge in [0, 0.05) is 48.3 Å². The fraction of sp³-hybridized carbons (Fsp3) is 0.684. The van der Waals surface area contributed by atoms with Crippen LogP contribution in [0.25, 0.3) is 0 Å². The Balaban J connectivity index is 1.64. The van der Waals surface area contributed by atoms with Crippen LogP contribution >= 0.6 is 11.3 Å². The number of aliphatic imine (C=N–C) groups is 1. The van der Waals surface area contributed by atoms with Crippen LogP contribution in [0.1, 0.15) is 55.2 Å². The molecule has 1 heterocycles. The predicted octanol–water partition coefficient (Wildman–Crippen LogP) is 2.99. The van der Waals surface area contributed by atoms with Crippen molar-refractivity contribution in [1.29, 1.82) is 0 Å². The van der Waals surface area contributed by atoms with E-state index >= 15 is 0 Å². The molecule has 6 heteroatoms. The van der Waals surface area contributed by atoms with E-state index in [1.165, 1.54) is 29.0 Å². The minimum atomic E-state index is 0.136. The Hall–Kier alpha value is -1.56. The van der Waals surface area contributed by atoms with Crippen molar-refractivity contribution in [3.05, 3.63) is 21.9 Å². The van der Waals surface area contributed by atoms with Gasteiger partial charge in [-0.25, -0.2) is 0 Å². The van der Waals surface area contributed by atoms with Crippen molar-refractivity contribution in [2.75, 3.05) is 13.6 Å². The molecule has 1 saturated carbocycles. The van der Waals surface area contributed by atoms with E-state index in [4.69, 9.17) is 0 Å². The first-order valence-electron chi connectivity index (χ1n) is 9.38. The molecule has 1 fully saturated rings. The van der Waals surface area contributed by atoms with Crippen LogP contribution in [0.2, 0.25) is 0 Å². The summed E-state index contributed by atoms with van der Waals surface area (Å²) >= 11 is 1.84. The van der Waals surface area contributed by atoms with Gasteiger partial charge in [-0.1, -0.05) is 19.3 Å². The van der Waals surface area contributed by atoms with Gasteiger partial charge in [-0.15, -0.1) is 11.3 Å². The van der Waals surface area contributed by atoms with Gasteiger partial charge in [0.25, 0.3) is 0 Å². The summed E-state index contributed by atoms with van der Waals surface area (Å²) in [5.74, 6) is 0.892. The van der Waals surface area contributed by atoms with Crippen molar-refractivity contribution >= 4 is 23.2 Å². The van der Waals surface area contributed by atoms with E-state index in [9.17, 15) is 4.79 Å². The molecular weight excluding hydrogens is 332 g/mol. The number of nitrogens with one attached hydrogen (secondary N) is 3. The fourth-order valence-electron chi connectivity index (χ4n) is 3.22. The van der Waals surface area contributed by atoms with E-state index in [0.717, 1.165) is 25.2 Å². The molecule has 1 amide bonds. The van der Waals surface area contributed by atoms with Gasteiger partial charge in [-0.05, 0) is 38.8 Å². The van der Waals surface area contributed by atoms with E-state index in [-0.39, 0.29) is 5.91 Å². The van der Waals surface area contributed by atoms with Crippen molar-refractivity contribution in [3.63, 3.8) is 0 Å². The van der Waals surface area contributed by atoms with E-state index in [1.807, 2.05) is 11.3 Å². The molecule has 5 nitrogen and oxygen atoms in total. The van der Waals surface area contributed by atoms with Crippen molar-refractivity contribution in [2.24, 2.45) is 4.99 Å². The zero-order valence-electron chi connectivity index (χ0n) is 15.7. The number of rotatable bonds is 7. The Kier molecular flexibility index (Phi) is 8.25. The third kappa shape index (κ3) is 7.46. The third-order valence-corrected chi connectivity index (χ3v) is 5.55. The second kappa shape index (κ2) is 10.4. The lowest BCUT2D eigenvalue weighted by molar-refractivity contribution is -0.121. The van der Waals surface area contributed by atoms with E-state index in [0.29, 0.717) is 25.0 Å². The van der Waals surface area contributed by atoms with Crippen LogP contribution in [0.4, 0.5) is 0 Å². The number of nitrogens with zero attached hydrogens (tertiary/aromatic N) is 1. The number of thiophene rings is 1. The van der Waals surface area contributed by atoms with Crippen molar-refractivity contribution in [3.8, 4) is 0 Å². The van der Waals surface area contributed by atoms with Crippen LogP contribution in [-0.4, -0.2) is 37.5 Å². The van der Waals surface area contributed by atoms with Crippen LogP contribution in [0.15, 0.2) is 17.1 Å². The normalized spacial score (nSPS) is 17.2. The standard InChI is InChI=1S/C19H32N4OS/c1-14(13-17-10-9-15(2)25-17)22-19(20-3)21-12-11-18(24)23-16-7-5-4-6-8-16/h9-10,14,16H,4-8,11-13H2,1-3H3,(H,23,24)(H2,20,21,22). The van der Waals surface area contributed by atoms with Crippen LogP contribution in [0.3, 0.4) is 0 Å². The summed E-state index contributed by atoms with van der Waals surface area (Å²) in [7, 11) is 1.76. The van der Waals surface area contributed by atoms with Crippen LogP contribution in [0, 0.1) is 6.92 Å². The Labute approximate surface area is 155 Å². The zero-order valence-corrected chi connectivity index (χ0v) is 16.5. The lowest BCUT2D eigenvalue weighted by atomic mass is 9.95. The Morgan fingerprint density at radius 2 is 2.08 bits per heavy atom. The highest BCUT2D eigenvalue weighted by atomic mass is 32.1. The molecule has 1 atom stereocenters. The van der Waals surface area contributed by atoms with Crippen LogP contribution < -0.4 is 16.0 Å². The number of carbonyl (C=O) groups excluding carboxylic acids is 1. The molecule has 1 aromatic rings. The van der Waals surface area contributed by atoms with Gasteiger partial charge in [0.2, 0.25) is 5.91 Å². The van der Waals surface area contributed by atoms with Gasteiger partial charge >= 0.3 is 0 Å². The second-order valence-electron chi connectivity index (χ2n) is 6.91. The minimum Gasteiger partial charge on any atom is -0.356 e. The van der Waals surface area contributed by atoms with Crippen molar-refractivity contribution in [1.82, 2.24) is 16.0 Å². The first-order valence-corrected chi connectivity index (χ1v) is 10.2. The lowest BCUT2D eigenvalue weighted by Crippen LogP contribution is -2.44. The van der Waals surface area contributed by atoms with Crippen LogP contribution in [-0.2, 0) is 11.2 Å². The van der Waals surface area contributed by atoms with Crippen LogP contribution in [0.5, 0.6) is 0 Å². The summed E-state index contributed by atoms with van der Waals surface area (Å²) in [5.41, 5.74) is 0. The van der Waals surface area contributed by atoms with E-state index < -0.39 is 0 Å². The maximum atomic E-state index is 12.0. The monoisotopic (exact) mass is 364 g/mol. The summed E-state index contributed by atoms with van der Waals surface area (Å²) < 4.78 is 0. The molecule has 2 rings (SSSR count). The first kappa shape index (κ1) is 19.8.